The van der Waals surface area contributed by atoms with Crippen LogP contribution in [0.4, 0.5) is 0 Å². The van der Waals surface area contributed by atoms with Gasteiger partial charge in [-0.3, -0.25) is 4.79 Å². The van der Waals surface area contributed by atoms with Gasteiger partial charge in [-0.25, -0.2) is 0 Å². The van der Waals surface area contributed by atoms with E-state index in [4.69, 9.17) is 0 Å². The van der Waals surface area contributed by atoms with Gasteiger partial charge in [0, 0.05) is 6.42 Å². The van der Waals surface area contributed by atoms with Gasteiger partial charge in [0.2, 0.25) is 0 Å². The van der Waals surface area contributed by atoms with Crippen LogP contribution in [0.3, 0.4) is 0 Å². The smallest absolute Gasteiger partial charge is 0.144 e. The second-order valence-corrected chi connectivity index (χ2v) is 6.50. The monoisotopic (exact) mass is 204 g/mol. The van der Waals surface area contributed by atoms with E-state index < -0.39 is 0 Å². The van der Waals surface area contributed by atoms with Gasteiger partial charge >= 0.3 is 0 Å². The van der Waals surface area contributed by atoms with Crippen molar-refractivity contribution in [2.75, 3.05) is 0 Å². The van der Waals surface area contributed by atoms with Crippen molar-refractivity contribution in [1.82, 2.24) is 0 Å². The third-order valence-electron chi connectivity index (χ3n) is 5.10. The molecule has 0 amide bonds. The zero-order valence-corrected chi connectivity index (χ0v) is 9.97. The summed E-state index contributed by atoms with van der Waals surface area (Å²) in [4.78, 5) is 12.4. The topological polar surface area (TPSA) is 17.1 Å². The fourth-order valence-electron chi connectivity index (χ4n) is 4.71. The molecule has 0 aliphatic heterocycles. The quantitative estimate of drug-likeness (QED) is 0.553. The zero-order valence-electron chi connectivity index (χ0n) is 9.97. The molecule has 1 heteroatoms. The third kappa shape index (κ3) is 1.02. The summed E-state index contributed by atoms with van der Waals surface area (Å²) in [7, 11) is 0. The lowest BCUT2D eigenvalue weighted by atomic mass is 9.51. The molecule has 2 fully saturated rings. The Morgan fingerprint density at radius 3 is 2.80 bits per heavy atom. The fraction of sp³-hybridized carbons (Fsp3) is 0.786. The molecule has 0 unspecified atom stereocenters. The minimum atomic E-state index is -0.0167. The SMILES string of the molecule is CC1=C[C@@]2(C)CC(=O)[C@@]13C[C@H](C)C[C@H]3C2. The Labute approximate surface area is 91.9 Å². The molecule has 0 aromatic heterocycles. The second-order valence-electron chi connectivity index (χ2n) is 6.50. The lowest BCUT2D eigenvalue weighted by Crippen LogP contribution is -2.49. The van der Waals surface area contributed by atoms with Crippen LogP contribution in [0, 0.1) is 22.7 Å². The summed E-state index contributed by atoms with van der Waals surface area (Å²) in [5.74, 6) is 1.94. The number of allylic oxidation sites excluding steroid dienone is 2. The standard InChI is InChI=1S/C14H20O/c1-9-4-11-7-13(3)6-10(2)14(11,5-9)12(15)8-13/h6,9,11H,4-5,7-8H2,1-3H3/t9-,11+,13-,14+/m1/s1. The van der Waals surface area contributed by atoms with Crippen LogP contribution in [0.15, 0.2) is 11.6 Å². The van der Waals surface area contributed by atoms with Gasteiger partial charge in [-0.2, -0.15) is 0 Å². The first-order valence-electron chi connectivity index (χ1n) is 6.19. The van der Waals surface area contributed by atoms with Crippen molar-refractivity contribution in [3.8, 4) is 0 Å². The maximum Gasteiger partial charge on any atom is 0.144 e. The summed E-state index contributed by atoms with van der Waals surface area (Å²) < 4.78 is 0. The molecule has 0 aromatic rings. The summed E-state index contributed by atoms with van der Waals surface area (Å²) >= 11 is 0. The molecule has 0 radical (unpaired) electrons. The van der Waals surface area contributed by atoms with E-state index in [2.05, 4.69) is 26.8 Å². The van der Waals surface area contributed by atoms with E-state index in [1.165, 1.54) is 18.4 Å². The molecule has 2 bridgehead atoms. The molecule has 4 rings (SSSR count). The van der Waals surface area contributed by atoms with Gasteiger partial charge in [-0.15, -0.1) is 0 Å². The average molecular weight is 204 g/mol. The van der Waals surface area contributed by atoms with E-state index in [0.29, 0.717) is 11.7 Å². The molecule has 2 saturated carbocycles. The molecule has 82 valence electrons. The molecule has 15 heavy (non-hydrogen) atoms. The minimum Gasteiger partial charge on any atom is -0.299 e. The third-order valence-corrected chi connectivity index (χ3v) is 5.10. The zero-order chi connectivity index (χ0) is 10.8. The first kappa shape index (κ1) is 9.62. The molecular formula is C14H20O. The van der Waals surface area contributed by atoms with Crippen LogP contribution in [-0.2, 0) is 4.79 Å². The highest BCUT2D eigenvalue weighted by Gasteiger charge is 2.60. The van der Waals surface area contributed by atoms with E-state index in [1.54, 1.807) is 0 Å². The van der Waals surface area contributed by atoms with Crippen LogP contribution in [0.1, 0.15) is 46.5 Å². The van der Waals surface area contributed by atoms with E-state index in [0.717, 1.165) is 18.8 Å². The van der Waals surface area contributed by atoms with E-state index in [-0.39, 0.29) is 10.8 Å². The summed E-state index contributed by atoms with van der Waals surface area (Å²) in [6, 6.07) is 0. The Bertz CT molecular complexity index is 368. The van der Waals surface area contributed by atoms with Crippen molar-refractivity contribution in [3.05, 3.63) is 11.6 Å². The number of hydrogen-bond acceptors (Lipinski definition) is 1. The Hall–Kier alpha value is -0.590. The average Bonchev–Trinajstić information content (AvgIpc) is 2.40. The molecule has 1 nitrogen and oxygen atoms in total. The van der Waals surface area contributed by atoms with Crippen molar-refractivity contribution in [2.45, 2.75) is 46.5 Å². The molecule has 0 saturated heterocycles. The summed E-state index contributed by atoms with van der Waals surface area (Å²) in [6.45, 7) is 6.77. The molecule has 0 heterocycles. The maximum absolute atomic E-state index is 12.4. The number of carbonyl (C=O) groups is 1. The lowest BCUT2D eigenvalue weighted by Gasteiger charge is -2.51. The summed E-state index contributed by atoms with van der Waals surface area (Å²) in [6.07, 6.45) is 6.85. The molecule has 0 aromatic carbocycles. The van der Waals surface area contributed by atoms with Gasteiger partial charge in [0.25, 0.3) is 0 Å². The van der Waals surface area contributed by atoms with Gasteiger partial charge in [0.15, 0.2) is 0 Å². The predicted molar refractivity (Wildman–Crippen MR) is 60.4 cm³/mol. The van der Waals surface area contributed by atoms with Gasteiger partial charge in [0.1, 0.15) is 5.78 Å². The second kappa shape index (κ2) is 2.56. The Morgan fingerprint density at radius 1 is 1.40 bits per heavy atom. The van der Waals surface area contributed by atoms with Crippen LogP contribution in [0.25, 0.3) is 0 Å². The molecule has 4 aliphatic carbocycles. The van der Waals surface area contributed by atoms with Gasteiger partial charge in [-0.1, -0.05) is 25.5 Å². The predicted octanol–water partition coefficient (Wildman–Crippen LogP) is 3.35. The first-order valence-corrected chi connectivity index (χ1v) is 6.19. The van der Waals surface area contributed by atoms with Gasteiger partial charge < -0.3 is 0 Å². The largest absolute Gasteiger partial charge is 0.299 e. The van der Waals surface area contributed by atoms with Crippen LogP contribution in [-0.4, -0.2) is 5.78 Å². The van der Waals surface area contributed by atoms with E-state index in [9.17, 15) is 4.79 Å². The normalized spacial score (nSPS) is 53.0. The number of ketones is 1. The highest BCUT2D eigenvalue weighted by Crippen LogP contribution is 2.64. The highest BCUT2D eigenvalue weighted by atomic mass is 16.1. The van der Waals surface area contributed by atoms with Crippen molar-refractivity contribution in [1.29, 1.82) is 0 Å². The van der Waals surface area contributed by atoms with Gasteiger partial charge in [0.05, 0.1) is 5.41 Å². The highest BCUT2D eigenvalue weighted by molar-refractivity contribution is 5.91. The van der Waals surface area contributed by atoms with Crippen molar-refractivity contribution in [3.63, 3.8) is 0 Å². The Kier molecular flexibility index (Phi) is 1.64. The molecular weight excluding hydrogens is 184 g/mol. The van der Waals surface area contributed by atoms with Crippen LogP contribution in [0.5, 0.6) is 0 Å². The fourth-order valence-corrected chi connectivity index (χ4v) is 4.71. The minimum absolute atomic E-state index is 0.0167. The van der Waals surface area contributed by atoms with E-state index in [1.807, 2.05) is 0 Å². The van der Waals surface area contributed by atoms with Crippen molar-refractivity contribution in [2.24, 2.45) is 22.7 Å². The number of Topliss-reactive ketones (excluding diaryl/α,β-unsaturated/α-hetero) is 1. The molecule has 4 aliphatic rings. The lowest BCUT2D eigenvalue weighted by molar-refractivity contribution is -0.136. The van der Waals surface area contributed by atoms with Crippen LogP contribution >= 0.6 is 0 Å². The van der Waals surface area contributed by atoms with E-state index >= 15 is 0 Å². The molecule has 1 spiro atoms. The molecule has 4 atom stereocenters. The number of rotatable bonds is 0. The summed E-state index contributed by atoms with van der Waals surface area (Å²) in [5, 5.41) is 0. The summed E-state index contributed by atoms with van der Waals surface area (Å²) in [5.41, 5.74) is 1.57. The number of hydrogen-bond donors (Lipinski definition) is 0. The van der Waals surface area contributed by atoms with Crippen LogP contribution in [0.2, 0.25) is 0 Å². The van der Waals surface area contributed by atoms with Crippen molar-refractivity contribution >= 4 is 5.78 Å². The maximum atomic E-state index is 12.4. The van der Waals surface area contributed by atoms with Crippen LogP contribution < -0.4 is 0 Å². The van der Waals surface area contributed by atoms with Gasteiger partial charge in [-0.05, 0) is 43.4 Å². The number of carbonyl (C=O) groups excluding carboxylic acids is 1. The first-order chi connectivity index (χ1) is 6.96. The Balaban J connectivity index is 2.16. The Morgan fingerprint density at radius 2 is 2.13 bits per heavy atom. The molecule has 0 N–H and O–H groups in total. The number of fused-ring (bicyclic) bond motifs is 1. The van der Waals surface area contributed by atoms with Crippen molar-refractivity contribution < 1.29 is 4.79 Å².